The number of carbonyl (C=O) groups is 1. The summed E-state index contributed by atoms with van der Waals surface area (Å²) in [6.45, 7) is 1.73. The van der Waals surface area contributed by atoms with Gasteiger partial charge in [-0.05, 0) is 31.4 Å². The third-order valence-electron chi connectivity index (χ3n) is 3.11. The SMILES string of the molecule is CCC(Nc1ccccc1S(=O)(=O)NC1CC1)C(=O)O. The van der Waals surface area contributed by atoms with Gasteiger partial charge in [0.2, 0.25) is 10.0 Å². The lowest BCUT2D eigenvalue weighted by molar-refractivity contribution is -0.137. The number of para-hydroxylation sites is 1. The molecule has 1 aromatic carbocycles. The first-order valence-corrected chi connectivity index (χ1v) is 8.03. The van der Waals surface area contributed by atoms with Crippen molar-refractivity contribution >= 4 is 21.7 Å². The van der Waals surface area contributed by atoms with Crippen molar-refractivity contribution in [2.75, 3.05) is 5.32 Å². The van der Waals surface area contributed by atoms with Crippen molar-refractivity contribution < 1.29 is 18.3 Å². The normalized spacial score (nSPS) is 16.6. The second-order valence-electron chi connectivity index (χ2n) is 4.84. The molecule has 1 aliphatic rings. The molecule has 3 N–H and O–H groups in total. The second-order valence-corrected chi connectivity index (χ2v) is 6.52. The van der Waals surface area contributed by atoms with Gasteiger partial charge >= 0.3 is 5.97 Å². The summed E-state index contributed by atoms with van der Waals surface area (Å²) >= 11 is 0. The molecule has 6 nitrogen and oxygen atoms in total. The van der Waals surface area contributed by atoms with Crippen LogP contribution in [0.25, 0.3) is 0 Å². The van der Waals surface area contributed by atoms with Gasteiger partial charge in [-0.15, -0.1) is 0 Å². The van der Waals surface area contributed by atoms with Crippen LogP contribution in [0.4, 0.5) is 5.69 Å². The van der Waals surface area contributed by atoms with Gasteiger partial charge in [-0.25, -0.2) is 17.9 Å². The lowest BCUT2D eigenvalue weighted by atomic mass is 10.2. The van der Waals surface area contributed by atoms with Crippen molar-refractivity contribution in [1.29, 1.82) is 0 Å². The maximum absolute atomic E-state index is 12.2. The van der Waals surface area contributed by atoms with Crippen LogP contribution in [-0.2, 0) is 14.8 Å². The quantitative estimate of drug-likeness (QED) is 0.707. The number of hydrogen-bond donors (Lipinski definition) is 3. The molecule has 1 atom stereocenters. The van der Waals surface area contributed by atoms with Gasteiger partial charge in [0.25, 0.3) is 0 Å². The van der Waals surface area contributed by atoms with Gasteiger partial charge in [0.05, 0.1) is 5.69 Å². The van der Waals surface area contributed by atoms with Crippen LogP contribution in [0.2, 0.25) is 0 Å². The van der Waals surface area contributed by atoms with E-state index in [1.54, 1.807) is 25.1 Å². The molecule has 0 bridgehead atoms. The van der Waals surface area contributed by atoms with E-state index in [0.717, 1.165) is 12.8 Å². The zero-order chi connectivity index (χ0) is 14.8. The number of carboxylic acids is 1. The standard InChI is InChI=1S/C13H18N2O4S/c1-2-10(13(16)17)14-11-5-3-4-6-12(11)20(18,19)15-9-7-8-9/h3-6,9-10,14-15H,2,7-8H2,1H3,(H,16,17). The van der Waals surface area contributed by atoms with E-state index in [4.69, 9.17) is 5.11 Å². The van der Waals surface area contributed by atoms with Crippen LogP contribution >= 0.6 is 0 Å². The van der Waals surface area contributed by atoms with E-state index in [1.807, 2.05) is 0 Å². The van der Waals surface area contributed by atoms with Gasteiger partial charge in [-0.3, -0.25) is 0 Å². The number of aliphatic carboxylic acids is 1. The summed E-state index contributed by atoms with van der Waals surface area (Å²) in [5, 5.41) is 11.8. The van der Waals surface area contributed by atoms with E-state index >= 15 is 0 Å². The Labute approximate surface area is 118 Å². The molecule has 7 heteroatoms. The van der Waals surface area contributed by atoms with Gasteiger partial charge < -0.3 is 10.4 Å². The number of anilines is 1. The first kappa shape index (κ1) is 14.8. The molecule has 0 radical (unpaired) electrons. The minimum Gasteiger partial charge on any atom is -0.480 e. The molecule has 0 heterocycles. The summed E-state index contributed by atoms with van der Waals surface area (Å²) in [5.41, 5.74) is 0.315. The first-order valence-electron chi connectivity index (χ1n) is 6.54. The van der Waals surface area contributed by atoms with Crippen LogP contribution in [0.1, 0.15) is 26.2 Å². The lowest BCUT2D eigenvalue weighted by Gasteiger charge is -2.17. The van der Waals surface area contributed by atoms with E-state index in [9.17, 15) is 13.2 Å². The van der Waals surface area contributed by atoms with Gasteiger partial charge in [-0.2, -0.15) is 0 Å². The molecule has 0 saturated heterocycles. The number of nitrogens with one attached hydrogen (secondary N) is 2. The second kappa shape index (κ2) is 5.80. The number of benzene rings is 1. The fourth-order valence-electron chi connectivity index (χ4n) is 1.83. The first-order chi connectivity index (χ1) is 9.44. The smallest absolute Gasteiger partial charge is 0.326 e. The number of carboxylic acid groups (broad SMARTS) is 1. The summed E-state index contributed by atoms with van der Waals surface area (Å²) in [6, 6.07) is 5.54. The molecule has 1 unspecified atom stereocenters. The van der Waals surface area contributed by atoms with E-state index in [2.05, 4.69) is 10.0 Å². The van der Waals surface area contributed by atoms with Crippen LogP contribution in [0.15, 0.2) is 29.2 Å². The molecular formula is C13H18N2O4S. The summed E-state index contributed by atoms with van der Waals surface area (Å²) in [5.74, 6) is -1.00. The molecule has 1 aliphatic carbocycles. The Morgan fingerprint density at radius 1 is 1.40 bits per heavy atom. The molecule has 0 aliphatic heterocycles. The third kappa shape index (κ3) is 3.49. The maximum atomic E-state index is 12.2. The van der Waals surface area contributed by atoms with Gasteiger partial charge in [0.1, 0.15) is 10.9 Å². The minimum absolute atomic E-state index is 0.00880. The largest absolute Gasteiger partial charge is 0.480 e. The van der Waals surface area contributed by atoms with E-state index in [-0.39, 0.29) is 10.9 Å². The summed E-state index contributed by atoms with van der Waals surface area (Å²) in [7, 11) is -3.61. The highest BCUT2D eigenvalue weighted by atomic mass is 32.2. The molecule has 1 aromatic rings. The molecule has 20 heavy (non-hydrogen) atoms. The third-order valence-corrected chi connectivity index (χ3v) is 4.69. The molecule has 0 amide bonds. The molecular weight excluding hydrogens is 280 g/mol. The Morgan fingerprint density at radius 2 is 2.05 bits per heavy atom. The summed E-state index contributed by atoms with van der Waals surface area (Å²) in [4.78, 5) is 11.1. The van der Waals surface area contributed by atoms with E-state index < -0.39 is 22.0 Å². The van der Waals surface area contributed by atoms with Gasteiger partial charge in [0, 0.05) is 6.04 Å². The van der Waals surface area contributed by atoms with Crippen molar-refractivity contribution in [2.45, 2.75) is 43.2 Å². The number of hydrogen-bond acceptors (Lipinski definition) is 4. The monoisotopic (exact) mass is 298 g/mol. The summed E-state index contributed by atoms with van der Waals surface area (Å²) in [6.07, 6.45) is 2.06. The predicted molar refractivity (Wildman–Crippen MR) is 75.1 cm³/mol. The minimum atomic E-state index is -3.61. The highest BCUT2D eigenvalue weighted by Crippen LogP contribution is 2.26. The van der Waals surface area contributed by atoms with Crippen LogP contribution in [0.5, 0.6) is 0 Å². The van der Waals surface area contributed by atoms with Gasteiger partial charge in [0.15, 0.2) is 0 Å². The Balaban J connectivity index is 2.27. The predicted octanol–water partition coefficient (Wildman–Crippen LogP) is 1.40. The molecule has 0 aromatic heterocycles. The zero-order valence-corrected chi connectivity index (χ0v) is 12.0. The van der Waals surface area contributed by atoms with Crippen LogP contribution in [0.3, 0.4) is 0 Å². The fourth-order valence-corrected chi connectivity index (χ4v) is 3.31. The number of sulfonamides is 1. The Morgan fingerprint density at radius 3 is 2.60 bits per heavy atom. The van der Waals surface area contributed by atoms with Crippen molar-refractivity contribution in [3.05, 3.63) is 24.3 Å². The van der Waals surface area contributed by atoms with Crippen molar-refractivity contribution in [2.24, 2.45) is 0 Å². The highest BCUT2D eigenvalue weighted by molar-refractivity contribution is 7.89. The lowest BCUT2D eigenvalue weighted by Crippen LogP contribution is -2.31. The average molecular weight is 298 g/mol. The maximum Gasteiger partial charge on any atom is 0.326 e. The Hall–Kier alpha value is -1.60. The van der Waals surface area contributed by atoms with Crippen molar-refractivity contribution in [3.63, 3.8) is 0 Å². The van der Waals surface area contributed by atoms with Gasteiger partial charge in [-0.1, -0.05) is 19.1 Å². The molecule has 1 saturated carbocycles. The fraction of sp³-hybridized carbons (Fsp3) is 0.462. The summed E-state index contributed by atoms with van der Waals surface area (Å²) < 4.78 is 27.1. The molecule has 1 fully saturated rings. The molecule has 0 spiro atoms. The van der Waals surface area contributed by atoms with E-state index in [0.29, 0.717) is 12.1 Å². The Bertz CT molecular complexity index is 596. The molecule has 110 valence electrons. The van der Waals surface area contributed by atoms with Crippen LogP contribution in [-0.4, -0.2) is 31.6 Å². The highest BCUT2D eigenvalue weighted by Gasteiger charge is 2.29. The molecule has 2 rings (SSSR count). The van der Waals surface area contributed by atoms with Crippen molar-refractivity contribution in [1.82, 2.24) is 4.72 Å². The van der Waals surface area contributed by atoms with Crippen molar-refractivity contribution in [3.8, 4) is 0 Å². The Kier molecular flexibility index (Phi) is 4.29. The number of rotatable bonds is 7. The van der Waals surface area contributed by atoms with E-state index in [1.165, 1.54) is 6.07 Å². The average Bonchev–Trinajstić information content (AvgIpc) is 3.19. The van der Waals surface area contributed by atoms with Crippen LogP contribution in [0, 0.1) is 0 Å². The van der Waals surface area contributed by atoms with Crippen LogP contribution < -0.4 is 10.0 Å². The topological polar surface area (TPSA) is 95.5 Å². The zero-order valence-electron chi connectivity index (χ0n) is 11.2.